The summed E-state index contributed by atoms with van der Waals surface area (Å²) in [6.45, 7) is 6.10. The predicted molar refractivity (Wildman–Crippen MR) is 100 cm³/mol. The Bertz CT molecular complexity index is 725. The number of hydrogen-bond acceptors (Lipinski definition) is 3. The molecule has 1 saturated heterocycles. The normalized spacial score (nSPS) is 18.9. The number of carbonyl (C=O) groups is 1. The second kappa shape index (κ2) is 6.95. The standard InChI is InChI=1S/C21H27NO3/c1-21(2)16(8-9-20(23)22-10-6-5-7-11-22)12-15-13-18(24-3)19(25-4)14-17(15)21/h8-9,12-14H,5-7,10-11H2,1-4H3/b9-8+. The molecule has 1 heterocycles. The topological polar surface area (TPSA) is 38.8 Å². The maximum Gasteiger partial charge on any atom is 0.246 e. The van der Waals surface area contributed by atoms with E-state index < -0.39 is 0 Å². The van der Waals surface area contributed by atoms with Crippen molar-refractivity contribution in [2.45, 2.75) is 38.5 Å². The van der Waals surface area contributed by atoms with Gasteiger partial charge in [0.25, 0.3) is 0 Å². The molecular weight excluding hydrogens is 314 g/mol. The highest BCUT2D eigenvalue weighted by Gasteiger charge is 2.33. The molecule has 1 aliphatic heterocycles. The van der Waals surface area contributed by atoms with Gasteiger partial charge in [0.1, 0.15) is 0 Å². The number of hydrogen-bond donors (Lipinski definition) is 0. The number of allylic oxidation sites excluding steroid dienone is 2. The summed E-state index contributed by atoms with van der Waals surface area (Å²) in [6.07, 6.45) is 9.27. The minimum absolute atomic E-state index is 0.113. The molecule has 1 aromatic carbocycles. The molecule has 0 radical (unpaired) electrons. The van der Waals surface area contributed by atoms with Gasteiger partial charge in [-0.2, -0.15) is 0 Å². The third kappa shape index (κ3) is 3.30. The molecule has 4 nitrogen and oxygen atoms in total. The number of nitrogens with zero attached hydrogens (tertiary/aromatic N) is 1. The monoisotopic (exact) mass is 341 g/mol. The fourth-order valence-electron chi connectivity index (χ4n) is 3.70. The van der Waals surface area contributed by atoms with Crippen LogP contribution in [0.4, 0.5) is 0 Å². The molecule has 2 aliphatic rings. The van der Waals surface area contributed by atoms with Crippen molar-refractivity contribution in [3.8, 4) is 11.5 Å². The van der Waals surface area contributed by atoms with E-state index in [-0.39, 0.29) is 11.3 Å². The van der Waals surface area contributed by atoms with E-state index in [2.05, 4.69) is 19.9 Å². The van der Waals surface area contributed by atoms with Crippen LogP contribution < -0.4 is 9.47 Å². The molecule has 1 aliphatic carbocycles. The number of methoxy groups -OCH3 is 2. The molecule has 0 saturated carbocycles. The lowest BCUT2D eigenvalue weighted by molar-refractivity contribution is -0.126. The molecule has 0 spiro atoms. The van der Waals surface area contributed by atoms with Crippen molar-refractivity contribution in [1.29, 1.82) is 0 Å². The Morgan fingerprint density at radius 3 is 2.36 bits per heavy atom. The van der Waals surface area contributed by atoms with Crippen molar-refractivity contribution in [2.75, 3.05) is 27.3 Å². The van der Waals surface area contributed by atoms with Gasteiger partial charge in [-0.05, 0) is 48.1 Å². The smallest absolute Gasteiger partial charge is 0.246 e. The Morgan fingerprint density at radius 1 is 1.08 bits per heavy atom. The number of likely N-dealkylation sites (tertiary alicyclic amines) is 1. The van der Waals surface area contributed by atoms with Crippen molar-refractivity contribution >= 4 is 12.0 Å². The van der Waals surface area contributed by atoms with Crippen molar-refractivity contribution in [3.63, 3.8) is 0 Å². The number of ether oxygens (including phenoxy) is 2. The fourth-order valence-corrected chi connectivity index (χ4v) is 3.70. The molecule has 0 atom stereocenters. The van der Waals surface area contributed by atoms with Gasteiger partial charge in [-0.1, -0.05) is 26.0 Å². The zero-order valence-corrected chi connectivity index (χ0v) is 15.6. The summed E-state index contributed by atoms with van der Waals surface area (Å²) in [5.74, 6) is 1.57. The average molecular weight is 341 g/mol. The maximum absolute atomic E-state index is 12.4. The lowest BCUT2D eigenvalue weighted by atomic mass is 9.81. The summed E-state index contributed by atoms with van der Waals surface area (Å²) in [7, 11) is 3.30. The zero-order chi connectivity index (χ0) is 18.0. The lowest BCUT2D eigenvalue weighted by Gasteiger charge is -2.26. The van der Waals surface area contributed by atoms with Crippen LogP contribution in [0.25, 0.3) is 6.08 Å². The third-order valence-electron chi connectivity index (χ3n) is 5.33. The Balaban J connectivity index is 1.85. The van der Waals surface area contributed by atoms with Crippen LogP contribution in [-0.4, -0.2) is 38.1 Å². The van der Waals surface area contributed by atoms with Gasteiger partial charge < -0.3 is 14.4 Å². The van der Waals surface area contributed by atoms with Gasteiger partial charge in [0, 0.05) is 24.6 Å². The van der Waals surface area contributed by atoms with E-state index in [0.29, 0.717) is 0 Å². The summed E-state index contributed by atoms with van der Waals surface area (Å²) >= 11 is 0. The molecule has 3 rings (SSSR count). The molecule has 0 unspecified atom stereocenters. The van der Waals surface area contributed by atoms with Gasteiger partial charge in [0.05, 0.1) is 14.2 Å². The molecule has 0 N–H and O–H groups in total. The van der Waals surface area contributed by atoms with Crippen molar-refractivity contribution < 1.29 is 14.3 Å². The SMILES string of the molecule is COc1cc2c(cc1OC)C(C)(C)C(/C=C/C(=O)N1CCCCC1)=C2. The van der Waals surface area contributed by atoms with E-state index in [1.54, 1.807) is 20.3 Å². The Morgan fingerprint density at radius 2 is 1.72 bits per heavy atom. The second-order valence-corrected chi connectivity index (χ2v) is 7.24. The highest BCUT2D eigenvalue weighted by molar-refractivity contribution is 5.89. The summed E-state index contributed by atoms with van der Waals surface area (Å²) in [6, 6.07) is 4.04. The number of rotatable bonds is 4. The Labute approximate surface area is 150 Å². The fraction of sp³-hybridized carbons (Fsp3) is 0.476. The summed E-state index contributed by atoms with van der Waals surface area (Å²) in [4.78, 5) is 14.4. The van der Waals surface area contributed by atoms with E-state index in [1.807, 2.05) is 23.1 Å². The van der Waals surface area contributed by atoms with Crippen LogP contribution in [0.2, 0.25) is 0 Å². The number of amides is 1. The van der Waals surface area contributed by atoms with Crippen LogP contribution >= 0.6 is 0 Å². The molecule has 1 aromatic rings. The first-order valence-electron chi connectivity index (χ1n) is 8.93. The predicted octanol–water partition coefficient (Wildman–Crippen LogP) is 3.95. The molecule has 1 amide bonds. The quantitative estimate of drug-likeness (QED) is 0.779. The molecule has 0 bridgehead atoms. The minimum atomic E-state index is -0.173. The van der Waals surface area contributed by atoms with E-state index >= 15 is 0 Å². The highest BCUT2D eigenvalue weighted by Crippen LogP contribution is 2.46. The number of carbonyl (C=O) groups excluding carboxylic acids is 1. The molecular formula is C21H27NO3. The van der Waals surface area contributed by atoms with Crippen molar-refractivity contribution in [2.24, 2.45) is 0 Å². The molecule has 4 heteroatoms. The second-order valence-electron chi connectivity index (χ2n) is 7.24. The molecule has 25 heavy (non-hydrogen) atoms. The van der Waals surface area contributed by atoms with Gasteiger partial charge in [-0.15, -0.1) is 0 Å². The minimum Gasteiger partial charge on any atom is -0.493 e. The Hall–Kier alpha value is -2.23. The molecule has 0 aromatic heterocycles. The van der Waals surface area contributed by atoms with E-state index in [9.17, 15) is 4.79 Å². The largest absolute Gasteiger partial charge is 0.493 e. The van der Waals surface area contributed by atoms with Gasteiger partial charge in [0.15, 0.2) is 11.5 Å². The molecule has 1 fully saturated rings. The summed E-state index contributed by atoms with van der Waals surface area (Å²) < 4.78 is 10.9. The van der Waals surface area contributed by atoms with Crippen LogP contribution in [0.3, 0.4) is 0 Å². The number of benzene rings is 1. The maximum atomic E-state index is 12.4. The van der Waals surface area contributed by atoms with E-state index in [0.717, 1.165) is 48.6 Å². The number of piperidine rings is 1. The van der Waals surface area contributed by atoms with Gasteiger partial charge in [-0.25, -0.2) is 0 Å². The zero-order valence-electron chi connectivity index (χ0n) is 15.6. The summed E-state index contributed by atoms with van der Waals surface area (Å²) in [5.41, 5.74) is 3.26. The molecule has 134 valence electrons. The van der Waals surface area contributed by atoms with Crippen LogP contribution in [0.5, 0.6) is 11.5 Å². The van der Waals surface area contributed by atoms with Crippen LogP contribution in [0.15, 0.2) is 29.9 Å². The van der Waals surface area contributed by atoms with Gasteiger partial charge >= 0.3 is 0 Å². The van der Waals surface area contributed by atoms with Crippen LogP contribution in [-0.2, 0) is 10.2 Å². The average Bonchev–Trinajstić information content (AvgIpc) is 2.88. The number of fused-ring (bicyclic) bond motifs is 1. The van der Waals surface area contributed by atoms with Gasteiger partial charge in [0.2, 0.25) is 5.91 Å². The van der Waals surface area contributed by atoms with Crippen LogP contribution in [0, 0.1) is 0 Å². The van der Waals surface area contributed by atoms with Crippen LogP contribution in [0.1, 0.15) is 44.2 Å². The third-order valence-corrected chi connectivity index (χ3v) is 5.33. The first kappa shape index (κ1) is 17.6. The lowest BCUT2D eigenvalue weighted by Crippen LogP contribution is -2.34. The summed E-state index contributed by atoms with van der Waals surface area (Å²) in [5, 5.41) is 0. The van der Waals surface area contributed by atoms with E-state index in [4.69, 9.17) is 9.47 Å². The highest BCUT2D eigenvalue weighted by atomic mass is 16.5. The van der Waals surface area contributed by atoms with E-state index in [1.165, 1.54) is 12.0 Å². The van der Waals surface area contributed by atoms with Crippen molar-refractivity contribution in [1.82, 2.24) is 4.90 Å². The Kier molecular flexibility index (Phi) is 4.89. The first-order valence-corrected chi connectivity index (χ1v) is 8.93. The first-order chi connectivity index (χ1) is 12.0. The van der Waals surface area contributed by atoms with Crippen molar-refractivity contribution in [3.05, 3.63) is 41.0 Å². The van der Waals surface area contributed by atoms with Gasteiger partial charge in [-0.3, -0.25) is 4.79 Å².